The number of benzene rings is 1. The molecule has 0 atom stereocenters. The van der Waals surface area contributed by atoms with Crippen LogP contribution < -0.4 is 0 Å². The van der Waals surface area contributed by atoms with Crippen molar-refractivity contribution in [2.75, 3.05) is 13.1 Å². The molecule has 2 rings (SSSR count). The standard InChI is InChI=1S/C15H21N/c1-13(2)11-14-5-7-15(8-6-14)12-16-9-3-4-10-16/h5-8,11H,3-4,9-10,12H2,1-2H3. The molecule has 1 heterocycles. The van der Waals surface area contributed by atoms with Crippen LogP contribution in [0.2, 0.25) is 0 Å². The number of nitrogens with zero attached hydrogens (tertiary/aromatic N) is 1. The fourth-order valence-corrected chi connectivity index (χ4v) is 2.25. The Morgan fingerprint density at radius 2 is 1.75 bits per heavy atom. The van der Waals surface area contributed by atoms with Crippen LogP contribution in [0, 0.1) is 0 Å². The van der Waals surface area contributed by atoms with Crippen LogP contribution in [-0.2, 0) is 6.54 Å². The van der Waals surface area contributed by atoms with Gasteiger partial charge in [-0.3, -0.25) is 4.90 Å². The molecule has 1 nitrogen and oxygen atoms in total. The van der Waals surface area contributed by atoms with Gasteiger partial charge in [-0.2, -0.15) is 0 Å². The molecule has 1 aliphatic heterocycles. The molecular formula is C15H21N. The first-order valence-corrected chi connectivity index (χ1v) is 6.20. The monoisotopic (exact) mass is 215 g/mol. The summed E-state index contributed by atoms with van der Waals surface area (Å²) in [6.07, 6.45) is 4.96. The summed E-state index contributed by atoms with van der Waals surface area (Å²) in [5, 5.41) is 0. The van der Waals surface area contributed by atoms with Crippen molar-refractivity contribution in [2.24, 2.45) is 0 Å². The molecule has 0 spiro atoms. The molecule has 0 unspecified atom stereocenters. The predicted molar refractivity (Wildman–Crippen MR) is 70.3 cm³/mol. The summed E-state index contributed by atoms with van der Waals surface area (Å²) in [6, 6.07) is 8.96. The lowest BCUT2D eigenvalue weighted by molar-refractivity contribution is 0.331. The molecule has 0 N–H and O–H groups in total. The van der Waals surface area contributed by atoms with Crippen molar-refractivity contribution in [1.82, 2.24) is 4.90 Å². The van der Waals surface area contributed by atoms with E-state index in [1.165, 1.54) is 42.6 Å². The van der Waals surface area contributed by atoms with Crippen LogP contribution in [0.25, 0.3) is 6.08 Å². The third-order valence-electron chi connectivity index (χ3n) is 3.04. The molecule has 86 valence electrons. The fraction of sp³-hybridized carbons (Fsp3) is 0.467. The summed E-state index contributed by atoms with van der Waals surface area (Å²) in [4.78, 5) is 2.54. The van der Waals surface area contributed by atoms with Gasteiger partial charge in [-0.15, -0.1) is 0 Å². The molecule has 1 aromatic carbocycles. The minimum Gasteiger partial charge on any atom is -0.299 e. The Labute approximate surface area is 98.8 Å². The van der Waals surface area contributed by atoms with E-state index >= 15 is 0 Å². The van der Waals surface area contributed by atoms with E-state index in [-0.39, 0.29) is 0 Å². The van der Waals surface area contributed by atoms with Crippen molar-refractivity contribution >= 4 is 6.08 Å². The molecule has 0 aliphatic carbocycles. The number of allylic oxidation sites excluding steroid dienone is 1. The van der Waals surface area contributed by atoms with Crippen LogP contribution in [0.1, 0.15) is 37.8 Å². The van der Waals surface area contributed by atoms with E-state index < -0.39 is 0 Å². The highest BCUT2D eigenvalue weighted by atomic mass is 15.1. The zero-order chi connectivity index (χ0) is 11.4. The molecule has 1 aliphatic rings. The van der Waals surface area contributed by atoms with E-state index in [9.17, 15) is 0 Å². The van der Waals surface area contributed by atoms with E-state index in [0.29, 0.717) is 0 Å². The van der Waals surface area contributed by atoms with E-state index in [0.717, 1.165) is 6.54 Å². The SMILES string of the molecule is CC(C)=Cc1ccc(CN2CCCC2)cc1. The molecule has 1 heteroatoms. The molecule has 0 radical (unpaired) electrons. The second-order valence-corrected chi connectivity index (χ2v) is 4.95. The van der Waals surface area contributed by atoms with E-state index in [1.807, 2.05) is 0 Å². The summed E-state index contributed by atoms with van der Waals surface area (Å²) in [5.41, 5.74) is 4.10. The maximum Gasteiger partial charge on any atom is 0.0233 e. The first-order valence-electron chi connectivity index (χ1n) is 6.20. The fourth-order valence-electron chi connectivity index (χ4n) is 2.25. The normalized spacial score (nSPS) is 16.4. The number of likely N-dealkylation sites (tertiary alicyclic amines) is 1. The quantitative estimate of drug-likeness (QED) is 0.743. The van der Waals surface area contributed by atoms with Gasteiger partial charge in [-0.1, -0.05) is 35.9 Å². The largest absolute Gasteiger partial charge is 0.299 e. The second-order valence-electron chi connectivity index (χ2n) is 4.95. The van der Waals surface area contributed by atoms with E-state index in [2.05, 4.69) is 49.1 Å². The van der Waals surface area contributed by atoms with Crippen LogP contribution in [0.3, 0.4) is 0 Å². The number of hydrogen-bond donors (Lipinski definition) is 0. The second kappa shape index (κ2) is 5.31. The van der Waals surface area contributed by atoms with Gasteiger partial charge in [-0.25, -0.2) is 0 Å². The van der Waals surface area contributed by atoms with Crippen molar-refractivity contribution < 1.29 is 0 Å². The molecule has 16 heavy (non-hydrogen) atoms. The third-order valence-corrected chi connectivity index (χ3v) is 3.04. The van der Waals surface area contributed by atoms with Crippen molar-refractivity contribution in [3.05, 3.63) is 41.0 Å². The maximum atomic E-state index is 2.54. The average Bonchev–Trinajstić information content (AvgIpc) is 2.73. The van der Waals surface area contributed by atoms with Gasteiger partial charge in [0.1, 0.15) is 0 Å². The minimum absolute atomic E-state index is 1.12. The first kappa shape index (κ1) is 11.4. The molecule has 0 amide bonds. The van der Waals surface area contributed by atoms with Crippen molar-refractivity contribution in [2.45, 2.75) is 33.2 Å². The van der Waals surface area contributed by atoms with Gasteiger partial charge in [0.25, 0.3) is 0 Å². The first-order chi connectivity index (χ1) is 7.74. The Morgan fingerprint density at radius 3 is 2.31 bits per heavy atom. The molecule has 1 aromatic rings. The Kier molecular flexibility index (Phi) is 3.79. The Balaban J connectivity index is 1.98. The van der Waals surface area contributed by atoms with Crippen molar-refractivity contribution in [3.63, 3.8) is 0 Å². The molecule has 0 bridgehead atoms. The third kappa shape index (κ3) is 3.21. The Hall–Kier alpha value is -1.08. The van der Waals surface area contributed by atoms with E-state index in [4.69, 9.17) is 0 Å². The van der Waals surface area contributed by atoms with Crippen molar-refractivity contribution in [3.8, 4) is 0 Å². The summed E-state index contributed by atoms with van der Waals surface area (Å²) in [6.45, 7) is 7.94. The van der Waals surface area contributed by atoms with Crippen LogP contribution in [0.4, 0.5) is 0 Å². The Bertz CT molecular complexity index is 352. The molecule has 0 aromatic heterocycles. The summed E-state index contributed by atoms with van der Waals surface area (Å²) in [7, 11) is 0. The summed E-state index contributed by atoms with van der Waals surface area (Å²) < 4.78 is 0. The number of rotatable bonds is 3. The van der Waals surface area contributed by atoms with Gasteiger partial charge in [0.05, 0.1) is 0 Å². The van der Waals surface area contributed by atoms with Gasteiger partial charge in [0, 0.05) is 6.54 Å². The van der Waals surface area contributed by atoms with Crippen LogP contribution >= 0.6 is 0 Å². The predicted octanol–water partition coefficient (Wildman–Crippen LogP) is 3.71. The van der Waals surface area contributed by atoms with Crippen LogP contribution in [0.15, 0.2) is 29.8 Å². The molecule has 1 saturated heterocycles. The highest BCUT2D eigenvalue weighted by molar-refractivity contribution is 5.52. The summed E-state index contributed by atoms with van der Waals surface area (Å²) in [5.74, 6) is 0. The van der Waals surface area contributed by atoms with Gasteiger partial charge in [0.15, 0.2) is 0 Å². The van der Waals surface area contributed by atoms with Crippen molar-refractivity contribution in [1.29, 1.82) is 0 Å². The molecular weight excluding hydrogens is 194 g/mol. The number of hydrogen-bond acceptors (Lipinski definition) is 1. The lowest BCUT2D eigenvalue weighted by Crippen LogP contribution is -2.18. The molecule has 1 fully saturated rings. The summed E-state index contributed by atoms with van der Waals surface area (Å²) >= 11 is 0. The highest BCUT2D eigenvalue weighted by Crippen LogP contribution is 2.14. The zero-order valence-corrected chi connectivity index (χ0v) is 10.4. The lowest BCUT2D eigenvalue weighted by Gasteiger charge is -2.14. The van der Waals surface area contributed by atoms with Gasteiger partial charge >= 0.3 is 0 Å². The van der Waals surface area contributed by atoms with Gasteiger partial charge in [-0.05, 0) is 50.9 Å². The smallest absolute Gasteiger partial charge is 0.0233 e. The maximum absolute atomic E-state index is 2.54. The van der Waals surface area contributed by atoms with Crippen LogP contribution in [-0.4, -0.2) is 18.0 Å². The van der Waals surface area contributed by atoms with Gasteiger partial charge in [0.2, 0.25) is 0 Å². The Morgan fingerprint density at radius 1 is 1.12 bits per heavy atom. The van der Waals surface area contributed by atoms with Gasteiger partial charge < -0.3 is 0 Å². The topological polar surface area (TPSA) is 3.24 Å². The van der Waals surface area contributed by atoms with E-state index in [1.54, 1.807) is 0 Å². The average molecular weight is 215 g/mol. The molecule has 0 saturated carbocycles. The van der Waals surface area contributed by atoms with Crippen LogP contribution in [0.5, 0.6) is 0 Å². The lowest BCUT2D eigenvalue weighted by atomic mass is 10.1. The highest BCUT2D eigenvalue weighted by Gasteiger charge is 2.11. The minimum atomic E-state index is 1.12. The zero-order valence-electron chi connectivity index (χ0n) is 10.4.